The number of aliphatic imine (C=N–C) groups is 1. The smallest absolute Gasteiger partial charge is 0.269 e. The third kappa shape index (κ3) is 3.25. The van der Waals surface area contributed by atoms with Crippen LogP contribution in [0.3, 0.4) is 0 Å². The van der Waals surface area contributed by atoms with E-state index in [1.165, 1.54) is 11.9 Å². The molecular weight excluding hydrogens is 372 g/mol. The molecule has 0 spiro atoms. The van der Waals surface area contributed by atoms with Crippen molar-refractivity contribution in [1.29, 1.82) is 0 Å². The molecule has 0 N–H and O–H groups in total. The Kier molecular flexibility index (Phi) is 5.39. The van der Waals surface area contributed by atoms with Gasteiger partial charge in [-0.25, -0.2) is 9.37 Å². The van der Waals surface area contributed by atoms with Crippen LogP contribution < -0.4 is 0 Å². The minimum Gasteiger partial charge on any atom is -0.269 e. The van der Waals surface area contributed by atoms with E-state index in [0.717, 1.165) is 22.1 Å². The molecule has 138 valence electrons. The maximum absolute atomic E-state index is 12.8. The second-order valence-electron chi connectivity index (χ2n) is 6.45. The van der Waals surface area contributed by atoms with E-state index in [-0.39, 0.29) is 11.9 Å². The summed E-state index contributed by atoms with van der Waals surface area (Å²) in [4.78, 5) is 32.4. The molecule has 0 radical (unpaired) electrons. The van der Waals surface area contributed by atoms with Crippen LogP contribution in [0.15, 0.2) is 29.3 Å². The largest absolute Gasteiger partial charge is 0.358 e. The van der Waals surface area contributed by atoms with Crippen LogP contribution in [-0.4, -0.2) is 62.7 Å². The summed E-state index contributed by atoms with van der Waals surface area (Å²) in [5, 5.41) is 1.74. The fraction of sp³-hybridized carbons (Fsp3) is 0.444. The first-order valence-electron chi connectivity index (χ1n) is 8.52. The van der Waals surface area contributed by atoms with E-state index in [9.17, 15) is 9.59 Å². The number of amides is 3. The minimum absolute atomic E-state index is 0.265. The summed E-state index contributed by atoms with van der Waals surface area (Å²) >= 11 is 7.95. The van der Waals surface area contributed by atoms with Crippen molar-refractivity contribution >= 4 is 46.3 Å². The number of rotatable bonds is 4. The molecule has 26 heavy (non-hydrogen) atoms. The zero-order chi connectivity index (χ0) is 19.0. The van der Waals surface area contributed by atoms with Crippen molar-refractivity contribution in [3.8, 4) is 0 Å². The van der Waals surface area contributed by atoms with Crippen LogP contribution in [0.2, 0.25) is 5.02 Å². The predicted octanol–water partition coefficient (Wildman–Crippen LogP) is 3.04. The van der Waals surface area contributed by atoms with Gasteiger partial charge in [-0.3, -0.25) is 14.6 Å². The first kappa shape index (κ1) is 18.9. The number of hydrogen-bond acceptors (Lipinski definition) is 4. The molecule has 0 aliphatic carbocycles. The summed E-state index contributed by atoms with van der Waals surface area (Å²) in [6.45, 7) is 4.69. The first-order chi connectivity index (χ1) is 12.3. The second-order valence-corrected chi connectivity index (χ2v) is 8.26. The van der Waals surface area contributed by atoms with E-state index < -0.39 is 6.04 Å². The van der Waals surface area contributed by atoms with Crippen LogP contribution >= 0.6 is 23.4 Å². The lowest BCUT2D eigenvalue weighted by molar-refractivity contribution is -0.548. The third-order valence-corrected chi connectivity index (χ3v) is 6.32. The number of carbonyl (C=O) groups excluding carboxylic acids is 2. The lowest BCUT2D eigenvalue weighted by atomic mass is 10.1. The zero-order valence-corrected chi connectivity index (χ0v) is 16.8. The van der Waals surface area contributed by atoms with Crippen molar-refractivity contribution in [2.45, 2.75) is 38.1 Å². The summed E-state index contributed by atoms with van der Waals surface area (Å²) in [7, 11) is 3.16. The molecule has 0 aromatic heterocycles. The molecule has 2 atom stereocenters. The Morgan fingerprint density at radius 1 is 1.27 bits per heavy atom. The summed E-state index contributed by atoms with van der Waals surface area (Å²) in [6, 6.07) is 6.61. The maximum Gasteiger partial charge on any atom is 0.358 e. The van der Waals surface area contributed by atoms with Gasteiger partial charge in [-0.1, -0.05) is 43.6 Å². The average molecular weight is 394 g/mol. The van der Waals surface area contributed by atoms with Gasteiger partial charge in [0.05, 0.1) is 0 Å². The van der Waals surface area contributed by atoms with Crippen LogP contribution in [0.5, 0.6) is 0 Å². The Balaban J connectivity index is 2.04. The lowest BCUT2D eigenvalue weighted by Crippen LogP contribution is -2.61. The van der Waals surface area contributed by atoms with Crippen LogP contribution in [-0.2, 0) is 11.3 Å². The number of hydrogen-bond donors (Lipinski definition) is 0. The van der Waals surface area contributed by atoms with Crippen LogP contribution in [0, 0.1) is 0 Å². The fourth-order valence-corrected chi connectivity index (χ4v) is 4.08. The normalized spacial score (nSPS) is 21.3. The Labute approximate surface area is 162 Å². The van der Waals surface area contributed by atoms with Gasteiger partial charge in [-0.15, -0.1) is 0 Å². The minimum atomic E-state index is -0.606. The first-order valence-corrected chi connectivity index (χ1v) is 9.78. The monoisotopic (exact) mass is 393 g/mol. The van der Waals surface area contributed by atoms with E-state index in [1.54, 1.807) is 18.8 Å². The number of carbonyl (C=O) groups is 2. The van der Waals surface area contributed by atoms with Gasteiger partial charge in [-0.05, 0) is 29.2 Å². The van der Waals surface area contributed by atoms with Gasteiger partial charge in [0.25, 0.3) is 17.8 Å². The molecule has 2 aliphatic heterocycles. The molecular formula is C18H22ClN4O2S+. The summed E-state index contributed by atoms with van der Waals surface area (Å²) in [5.41, 5.74) is 0.919. The van der Waals surface area contributed by atoms with E-state index in [0.29, 0.717) is 22.7 Å². The number of imide groups is 1. The molecule has 6 nitrogen and oxygen atoms in total. The summed E-state index contributed by atoms with van der Waals surface area (Å²) in [6.07, 6.45) is 0.978. The van der Waals surface area contributed by atoms with Gasteiger partial charge in [0.2, 0.25) is 0 Å². The SMILES string of the molecule is CCC(C)SC1=[N+](Cc2ccccc2Cl)C2C(=O)N(C)C(=O)N(C)C2=N1. The van der Waals surface area contributed by atoms with Crippen molar-refractivity contribution in [3.05, 3.63) is 34.9 Å². The van der Waals surface area contributed by atoms with Crippen LogP contribution in [0.25, 0.3) is 0 Å². The van der Waals surface area contributed by atoms with Gasteiger partial charge in [0, 0.05) is 29.9 Å². The number of likely N-dealkylation sites (N-methyl/N-ethyl adjacent to an activating group) is 2. The molecule has 0 saturated carbocycles. The van der Waals surface area contributed by atoms with Crippen molar-refractivity contribution in [1.82, 2.24) is 9.80 Å². The Morgan fingerprint density at radius 3 is 2.62 bits per heavy atom. The van der Waals surface area contributed by atoms with Gasteiger partial charge >= 0.3 is 11.2 Å². The van der Waals surface area contributed by atoms with Gasteiger partial charge in [0.1, 0.15) is 6.54 Å². The number of halogens is 1. The predicted molar refractivity (Wildman–Crippen MR) is 105 cm³/mol. The highest BCUT2D eigenvalue weighted by atomic mass is 35.5. The summed E-state index contributed by atoms with van der Waals surface area (Å²) in [5.74, 6) is 0.217. The number of amidine groups is 2. The highest BCUT2D eigenvalue weighted by Gasteiger charge is 2.53. The number of nitrogens with zero attached hydrogens (tertiary/aromatic N) is 4. The molecule has 1 fully saturated rings. The lowest BCUT2D eigenvalue weighted by Gasteiger charge is -2.30. The Bertz CT molecular complexity index is 823. The van der Waals surface area contributed by atoms with Crippen LogP contribution in [0.4, 0.5) is 4.79 Å². The maximum atomic E-state index is 12.8. The number of urea groups is 1. The van der Waals surface area contributed by atoms with Crippen molar-refractivity contribution in [2.24, 2.45) is 4.99 Å². The van der Waals surface area contributed by atoms with Crippen molar-refractivity contribution in [3.63, 3.8) is 0 Å². The number of benzene rings is 1. The summed E-state index contributed by atoms with van der Waals surface area (Å²) < 4.78 is 1.95. The van der Waals surface area contributed by atoms with E-state index in [4.69, 9.17) is 11.6 Å². The molecule has 2 aliphatic rings. The van der Waals surface area contributed by atoms with Gasteiger partial charge in [-0.2, -0.15) is 0 Å². The third-order valence-electron chi connectivity index (χ3n) is 4.67. The average Bonchev–Trinajstić information content (AvgIpc) is 2.98. The van der Waals surface area contributed by atoms with E-state index >= 15 is 0 Å². The topological polar surface area (TPSA) is 56.0 Å². The van der Waals surface area contributed by atoms with E-state index in [1.807, 2.05) is 28.8 Å². The Morgan fingerprint density at radius 2 is 1.96 bits per heavy atom. The molecule has 1 aromatic carbocycles. The molecule has 3 rings (SSSR count). The quantitative estimate of drug-likeness (QED) is 0.739. The van der Waals surface area contributed by atoms with Crippen molar-refractivity contribution in [2.75, 3.05) is 14.1 Å². The highest BCUT2D eigenvalue weighted by Crippen LogP contribution is 2.28. The van der Waals surface area contributed by atoms with Gasteiger partial charge < -0.3 is 0 Å². The zero-order valence-electron chi connectivity index (χ0n) is 15.3. The molecule has 8 heteroatoms. The Hall–Kier alpha value is -1.86. The standard InChI is InChI=1S/C18H22ClN4O2S/c1-5-11(2)26-17-20-15-14(16(24)22(4)18(25)21(15)3)23(17)10-12-8-6-7-9-13(12)19/h6-9,11,14H,5,10H2,1-4H3/q+1. The molecule has 0 bridgehead atoms. The molecule has 2 unspecified atom stereocenters. The molecule has 1 aromatic rings. The van der Waals surface area contributed by atoms with Gasteiger partial charge in [0.15, 0.2) is 0 Å². The van der Waals surface area contributed by atoms with E-state index in [2.05, 4.69) is 18.8 Å². The second kappa shape index (κ2) is 7.40. The number of fused-ring (bicyclic) bond motifs is 1. The molecule has 3 amide bonds. The molecule has 1 saturated heterocycles. The van der Waals surface area contributed by atoms with Crippen molar-refractivity contribution < 1.29 is 14.2 Å². The highest BCUT2D eigenvalue weighted by molar-refractivity contribution is 8.14. The van der Waals surface area contributed by atoms with Crippen LogP contribution in [0.1, 0.15) is 25.8 Å². The fourth-order valence-electron chi connectivity index (χ4n) is 2.90. The number of thioether (sulfide) groups is 1. The molecule has 2 heterocycles.